The van der Waals surface area contributed by atoms with Gasteiger partial charge in [0.2, 0.25) is 0 Å². The normalized spacial score (nSPS) is 10.3. The molecule has 0 aliphatic rings. The van der Waals surface area contributed by atoms with E-state index in [0.29, 0.717) is 33.5 Å². The molecule has 0 aliphatic carbocycles. The second-order valence-electron chi connectivity index (χ2n) is 5.01. The molecule has 0 atom stereocenters. The molecule has 0 amide bonds. The van der Waals surface area contributed by atoms with Gasteiger partial charge in [0.05, 0.1) is 24.3 Å². The van der Waals surface area contributed by atoms with Crippen LogP contribution in [0.15, 0.2) is 34.8 Å². The largest absolute Gasteiger partial charge is 0.513 e. The molecule has 2 aromatic rings. The molecule has 2 aromatic carbocycles. The van der Waals surface area contributed by atoms with E-state index < -0.39 is 6.16 Å². The van der Waals surface area contributed by atoms with Gasteiger partial charge in [-0.3, -0.25) is 0 Å². The zero-order chi connectivity index (χ0) is 18.4. The van der Waals surface area contributed by atoms with Crippen LogP contribution in [0.3, 0.4) is 0 Å². The minimum atomic E-state index is -0.853. The molecule has 5 nitrogen and oxygen atoms in total. The highest BCUT2D eigenvalue weighted by Crippen LogP contribution is 2.33. The van der Waals surface area contributed by atoms with Gasteiger partial charge in [-0.2, -0.15) is 0 Å². The number of carbonyl (C=O) groups is 1. The fraction of sp³-hybridized carbons (Fsp3) is 0.278. The van der Waals surface area contributed by atoms with Gasteiger partial charge in [0.15, 0.2) is 0 Å². The summed E-state index contributed by atoms with van der Waals surface area (Å²) < 4.78 is 35.2. The Bertz CT molecular complexity index is 763. The molecular weight excluding hydrogens is 395 g/mol. The van der Waals surface area contributed by atoms with Crippen molar-refractivity contribution in [1.82, 2.24) is 0 Å². The summed E-state index contributed by atoms with van der Waals surface area (Å²) in [6.07, 6.45) is -0.275. The second-order valence-corrected chi connectivity index (χ2v) is 5.86. The molecule has 0 radical (unpaired) electrons. The Morgan fingerprint density at radius 1 is 1.16 bits per heavy atom. The van der Waals surface area contributed by atoms with Crippen molar-refractivity contribution in [2.45, 2.75) is 20.0 Å². The quantitative estimate of drug-likeness (QED) is 0.499. The van der Waals surface area contributed by atoms with Gasteiger partial charge in [0.25, 0.3) is 0 Å². The van der Waals surface area contributed by atoms with Crippen LogP contribution in [0, 0.1) is 5.82 Å². The number of hydrogen-bond donors (Lipinski definition) is 0. The zero-order valence-electron chi connectivity index (χ0n) is 14.1. The smallest absolute Gasteiger partial charge is 0.496 e. The van der Waals surface area contributed by atoms with E-state index in [4.69, 9.17) is 14.2 Å². The molecule has 7 heteroatoms. The summed E-state index contributed by atoms with van der Waals surface area (Å²) in [7, 11) is 2.71. The highest BCUT2D eigenvalue weighted by molar-refractivity contribution is 9.10. The van der Waals surface area contributed by atoms with E-state index in [1.165, 1.54) is 20.3 Å². The van der Waals surface area contributed by atoms with Gasteiger partial charge in [-0.1, -0.05) is 13.0 Å². The highest BCUT2D eigenvalue weighted by Gasteiger charge is 2.16. The summed E-state index contributed by atoms with van der Waals surface area (Å²) in [5, 5.41) is 0. The lowest BCUT2D eigenvalue weighted by Gasteiger charge is -2.15. The molecule has 25 heavy (non-hydrogen) atoms. The van der Waals surface area contributed by atoms with Crippen molar-refractivity contribution in [1.29, 1.82) is 0 Å². The van der Waals surface area contributed by atoms with Crippen LogP contribution in [0.5, 0.6) is 17.2 Å². The predicted molar refractivity (Wildman–Crippen MR) is 93.8 cm³/mol. The number of benzene rings is 2. The standard InChI is InChI=1S/C18H18BrFO5/c1-4-11-8-13(19)17(9-14(11)20)24-10-12-15(22-2)6-5-7-16(12)25-18(21)23-3/h5-9H,4,10H2,1-3H3. The van der Waals surface area contributed by atoms with Crippen LogP contribution in [0.25, 0.3) is 0 Å². The van der Waals surface area contributed by atoms with E-state index in [1.807, 2.05) is 6.92 Å². The molecule has 0 unspecified atom stereocenters. The number of hydrogen-bond acceptors (Lipinski definition) is 5. The first kappa shape index (κ1) is 19.1. The molecule has 0 bridgehead atoms. The lowest BCUT2D eigenvalue weighted by molar-refractivity contribution is 0.120. The van der Waals surface area contributed by atoms with Crippen molar-refractivity contribution in [2.24, 2.45) is 0 Å². The van der Waals surface area contributed by atoms with E-state index >= 15 is 0 Å². The van der Waals surface area contributed by atoms with E-state index in [0.717, 1.165) is 0 Å². The van der Waals surface area contributed by atoms with Gasteiger partial charge < -0.3 is 18.9 Å². The molecule has 2 rings (SSSR count). The van der Waals surface area contributed by atoms with Crippen LogP contribution < -0.4 is 14.2 Å². The van der Waals surface area contributed by atoms with Crippen LogP contribution in [-0.2, 0) is 17.8 Å². The molecule has 0 aromatic heterocycles. The van der Waals surface area contributed by atoms with Crippen LogP contribution in [0.4, 0.5) is 9.18 Å². The molecule has 0 saturated carbocycles. The first-order valence-electron chi connectivity index (χ1n) is 7.52. The van der Waals surface area contributed by atoms with Gasteiger partial charge in [0, 0.05) is 6.07 Å². The Kier molecular flexibility index (Phi) is 6.64. The Hall–Kier alpha value is -2.28. The zero-order valence-corrected chi connectivity index (χ0v) is 15.7. The Morgan fingerprint density at radius 2 is 1.88 bits per heavy atom. The van der Waals surface area contributed by atoms with E-state index in [-0.39, 0.29) is 18.2 Å². The molecule has 0 fully saturated rings. The van der Waals surface area contributed by atoms with Crippen LogP contribution in [-0.4, -0.2) is 20.4 Å². The van der Waals surface area contributed by atoms with Gasteiger partial charge in [-0.25, -0.2) is 9.18 Å². The van der Waals surface area contributed by atoms with E-state index in [9.17, 15) is 9.18 Å². The molecule has 0 heterocycles. The average molecular weight is 413 g/mol. The van der Waals surface area contributed by atoms with Crippen molar-refractivity contribution in [3.8, 4) is 17.2 Å². The number of methoxy groups -OCH3 is 2. The maximum atomic E-state index is 14.0. The summed E-state index contributed by atoms with van der Waals surface area (Å²) in [4.78, 5) is 11.4. The Morgan fingerprint density at radius 3 is 2.52 bits per heavy atom. The minimum absolute atomic E-state index is 0.0137. The summed E-state index contributed by atoms with van der Waals surface area (Å²) >= 11 is 3.37. The monoisotopic (exact) mass is 412 g/mol. The Balaban J connectivity index is 2.28. The Labute approximate surface area is 153 Å². The molecule has 0 N–H and O–H groups in total. The van der Waals surface area contributed by atoms with Gasteiger partial charge in [-0.05, 0) is 46.1 Å². The summed E-state index contributed by atoms with van der Waals surface area (Å²) in [6, 6.07) is 7.97. The van der Waals surface area contributed by atoms with Gasteiger partial charge in [-0.15, -0.1) is 0 Å². The maximum Gasteiger partial charge on any atom is 0.513 e. The van der Waals surface area contributed by atoms with Crippen LogP contribution in [0.2, 0.25) is 0 Å². The van der Waals surface area contributed by atoms with Crippen molar-refractivity contribution in [2.75, 3.05) is 14.2 Å². The third-order valence-electron chi connectivity index (χ3n) is 3.52. The first-order chi connectivity index (χ1) is 12.0. The number of halogens is 2. The minimum Gasteiger partial charge on any atom is -0.496 e. The third kappa shape index (κ3) is 4.63. The lowest BCUT2D eigenvalue weighted by atomic mass is 10.1. The molecular formula is C18H18BrFO5. The van der Waals surface area contributed by atoms with Crippen molar-refractivity contribution in [3.63, 3.8) is 0 Å². The number of rotatable bonds is 6. The topological polar surface area (TPSA) is 54.0 Å². The second kappa shape index (κ2) is 8.71. The van der Waals surface area contributed by atoms with Crippen molar-refractivity contribution in [3.05, 3.63) is 51.7 Å². The maximum absolute atomic E-state index is 14.0. The summed E-state index contributed by atoms with van der Waals surface area (Å²) in [5.41, 5.74) is 1.09. The molecule has 0 aliphatic heterocycles. The van der Waals surface area contributed by atoms with Crippen LogP contribution >= 0.6 is 15.9 Å². The van der Waals surface area contributed by atoms with E-state index in [2.05, 4.69) is 20.7 Å². The average Bonchev–Trinajstić information content (AvgIpc) is 2.62. The van der Waals surface area contributed by atoms with E-state index in [1.54, 1.807) is 24.3 Å². The lowest BCUT2D eigenvalue weighted by Crippen LogP contribution is -2.10. The number of carbonyl (C=O) groups excluding carboxylic acids is 1. The molecule has 0 spiro atoms. The van der Waals surface area contributed by atoms with Gasteiger partial charge in [0.1, 0.15) is 29.7 Å². The number of aryl methyl sites for hydroxylation is 1. The fourth-order valence-electron chi connectivity index (χ4n) is 2.21. The SMILES string of the molecule is CCc1cc(Br)c(OCc2c(OC)cccc2OC(=O)OC)cc1F. The highest BCUT2D eigenvalue weighted by atomic mass is 79.9. The summed E-state index contributed by atoms with van der Waals surface area (Å²) in [5.74, 6) is 0.715. The van der Waals surface area contributed by atoms with Gasteiger partial charge >= 0.3 is 6.16 Å². The fourth-order valence-corrected chi connectivity index (χ4v) is 2.71. The third-order valence-corrected chi connectivity index (χ3v) is 4.14. The summed E-state index contributed by atoms with van der Waals surface area (Å²) in [6.45, 7) is 1.89. The van der Waals surface area contributed by atoms with Crippen molar-refractivity contribution < 1.29 is 28.1 Å². The van der Waals surface area contributed by atoms with Crippen LogP contribution in [0.1, 0.15) is 18.1 Å². The molecule has 134 valence electrons. The number of ether oxygens (including phenoxy) is 4. The predicted octanol–water partition coefficient (Wildman–Crippen LogP) is 4.88. The first-order valence-corrected chi connectivity index (χ1v) is 8.31. The molecule has 0 saturated heterocycles. The van der Waals surface area contributed by atoms with Crippen molar-refractivity contribution >= 4 is 22.1 Å².